The van der Waals surface area contributed by atoms with E-state index < -0.39 is 21.8 Å². The van der Waals surface area contributed by atoms with Crippen LogP contribution in [0.4, 0.5) is 10.5 Å². The molecule has 9 heteroatoms. The molecule has 1 aromatic rings. The highest BCUT2D eigenvalue weighted by Crippen LogP contribution is 2.21. The Kier molecular flexibility index (Phi) is 5.34. The summed E-state index contributed by atoms with van der Waals surface area (Å²) in [6.07, 6.45) is 1.05. The van der Waals surface area contributed by atoms with Crippen LogP contribution < -0.4 is 10.6 Å². The third-order valence-electron chi connectivity index (χ3n) is 2.22. The normalized spacial score (nSPS) is 10.9. The molecular weight excluding hydrogens is 308 g/mol. The van der Waals surface area contributed by atoms with E-state index in [0.717, 1.165) is 6.26 Å². The molecule has 0 saturated carbocycles. The highest BCUT2D eigenvalue weighted by Gasteiger charge is 2.13. The van der Waals surface area contributed by atoms with Gasteiger partial charge in [0.25, 0.3) is 0 Å². The van der Waals surface area contributed by atoms with Gasteiger partial charge in [0.15, 0.2) is 0 Å². The van der Waals surface area contributed by atoms with Gasteiger partial charge in [0.2, 0.25) is 0 Å². The number of urea groups is 1. The Morgan fingerprint density at radius 1 is 1.35 bits per heavy atom. The number of nitrogens with one attached hydrogen (secondary N) is 2. The van der Waals surface area contributed by atoms with Crippen molar-refractivity contribution >= 4 is 39.1 Å². The SMILES string of the molecule is CS(=O)(=O)CCNC(=O)Nc1cc(Cl)ccc1C(=O)O. The van der Waals surface area contributed by atoms with Gasteiger partial charge in [-0.25, -0.2) is 18.0 Å². The Bertz CT molecular complexity index is 630. The van der Waals surface area contributed by atoms with Crippen molar-refractivity contribution in [1.82, 2.24) is 5.32 Å². The lowest BCUT2D eigenvalue weighted by Gasteiger charge is -2.10. The lowest BCUT2D eigenvalue weighted by molar-refractivity contribution is 0.0698. The molecule has 7 nitrogen and oxygen atoms in total. The van der Waals surface area contributed by atoms with E-state index in [9.17, 15) is 18.0 Å². The van der Waals surface area contributed by atoms with Crippen LogP contribution >= 0.6 is 11.6 Å². The predicted octanol–water partition coefficient (Wildman–Crippen LogP) is 1.20. The molecule has 3 N–H and O–H groups in total. The molecule has 1 aromatic carbocycles. The summed E-state index contributed by atoms with van der Waals surface area (Å²) < 4.78 is 21.8. The second-order valence-electron chi connectivity index (χ2n) is 4.01. The van der Waals surface area contributed by atoms with Gasteiger partial charge in [0, 0.05) is 17.8 Å². The maximum absolute atomic E-state index is 11.5. The molecule has 0 spiro atoms. The molecule has 2 amide bonds. The van der Waals surface area contributed by atoms with Crippen LogP contribution in [0.2, 0.25) is 5.02 Å². The van der Waals surface area contributed by atoms with Gasteiger partial charge < -0.3 is 15.7 Å². The van der Waals surface area contributed by atoms with E-state index in [2.05, 4.69) is 10.6 Å². The lowest BCUT2D eigenvalue weighted by Crippen LogP contribution is -2.33. The molecule has 0 heterocycles. The van der Waals surface area contributed by atoms with Gasteiger partial charge >= 0.3 is 12.0 Å². The van der Waals surface area contributed by atoms with Gasteiger partial charge in [-0.2, -0.15) is 0 Å². The molecule has 0 aliphatic rings. The van der Waals surface area contributed by atoms with Crippen LogP contribution in [0.1, 0.15) is 10.4 Å². The Labute approximate surface area is 120 Å². The van der Waals surface area contributed by atoms with Crippen LogP contribution in [0.3, 0.4) is 0 Å². The van der Waals surface area contributed by atoms with Gasteiger partial charge in [-0.1, -0.05) is 11.6 Å². The average Bonchev–Trinajstić information content (AvgIpc) is 2.26. The van der Waals surface area contributed by atoms with Crippen LogP contribution in [0.5, 0.6) is 0 Å². The summed E-state index contributed by atoms with van der Waals surface area (Å²) in [6, 6.07) is 3.23. The number of carboxylic acid groups (broad SMARTS) is 1. The zero-order valence-corrected chi connectivity index (χ0v) is 12.1. The topological polar surface area (TPSA) is 113 Å². The average molecular weight is 321 g/mol. The third-order valence-corrected chi connectivity index (χ3v) is 3.40. The van der Waals surface area contributed by atoms with Crippen molar-refractivity contribution in [2.24, 2.45) is 0 Å². The molecular formula is C11H13ClN2O5S. The molecule has 0 aromatic heterocycles. The summed E-state index contributed by atoms with van der Waals surface area (Å²) in [7, 11) is -3.18. The van der Waals surface area contributed by atoms with Crippen molar-refractivity contribution in [3.63, 3.8) is 0 Å². The van der Waals surface area contributed by atoms with Crippen molar-refractivity contribution in [2.45, 2.75) is 0 Å². The Balaban J connectivity index is 2.70. The lowest BCUT2D eigenvalue weighted by atomic mass is 10.2. The van der Waals surface area contributed by atoms with Crippen LogP contribution in [0, 0.1) is 0 Å². The molecule has 0 fully saturated rings. The summed E-state index contributed by atoms with van der Waals surface area (Å²) in [5.74, 6) is -1.42. The molecule has 110 valence electrons. The number of halogens is 1. The molecule has 20 heavy (non-hydrogen) atoms. The van der Waals surface area contributed by atoms with Crippen LogP contribution in [0.15, 0.2) is 18.2 Å². The number of carbonyl (C=O) groups excluding carboxylic acids is 1. The van der Waals surface area contributed by atoms with E-state index in [0.29, 0.717) is 0 Å². The highest BCUT2D eigenvalue weighted by atomic mass is 35.5. The fourth-order valence-corrected chi connectivity index (χ4v) is 1.97. The molecule has 0 bridgehead atoms. The second-order valence-corrected chi connectivity index (χ2v) is 6.70. The number of hydrogen-bond acceptors (Lipinski definition) is 4. The molecule has 0 radical (unpaired) electrons. The number of aromatic carboxylic acids is 1. The monoisotopic (exact) mass is 320 g/mol. The fraction of sp³-hybridized carbons (Fsp3) is 0.273. The minimum Gasteiger partial charge on any atom is -0.478 e. The molecule has 0 atom stereocenters. The zero-order chi connectivity index (χ0) is 15.3. The van der Waals surface area contributed by atoms with Crippen molar-refractivity contribution < 1.29 is 23.1 Å². The molecule has 0 aliphatic carbocycles. The van der Waals surface area contributed by atoms with Crippen LogP contribution in [-0.4, -0.2) is 44.1 Å². The third kappa shape index (κ3) is 5.45. The number of amides is 2. The van der Waals surface area contributed by atoms with Crippen LogP contribution in [-0.2, 0) is 9.84 Å². The summed E-state index contributed by atoms with van der Waals surface area (Å²) >= 11 is 5.73. The Morgan fingerprint density at radius 3 is 2.55 bits per heavy atom. The fourth-order valence-electron chi connectivity index (χ4n) is 1.32. The van der Waals surface area contributed by atoms with Gasteiger partial charge in [-0.05, 0) is 18.2 Å². The minimum absolute atomic E-state index is 0.0295. The molecule has 1 rings (SSSR count). The first kappa shape index (κ1) is 16.3. The number of rotatable bonds is 5. The van der Waals surface area contributed by atoms with Crippen LogP contribution in [0.25, 0.3) is 0 Å². The van der Waals surface area contributed by atoms with Gasteiger partial charge in [0.1, 0.15) is 9.84 Å². The standard InChI is InChI=1S/C11H13ClN2O5S/c1-20(18,19)5-4-13-11(17)14-9-6-7(12)2-3-8(9)10(15)16/h2-3,6H,4-5H2,1H3,(H,15,16)(H2,13,14,17). The smallest absolute Gasteiger partial charge is 0.337 e. The Morgan fingerprint density at radius 2 is 2.00 bits per heavy atom. The van der Waals surface area contributed by atoms with Crippen molar-refractivity contribution in [3.05, 3.63) is 28.8 Å². The maximum Gasteiger partial charge on any atom is 0.337 e. The Hall–Kier alpha value is -1.80. The first-order valence-corrected chi connectivity index (χ1v) is 7.88. The van der Waals surface area contributed by atoms with Gasteiger partial charge in [-0.3, -0.25) is 0 Å². The minimum atomic E-state index is -3.18. The first-order valence-electron chi connectivity index (χ1n) is 5.44. The predicted molar refractivity (Wildman–Crippen MR) is 75.1 cm³/mol. The number of anilines is 1. The maximum atomic E-state index is 11.5. The number of benzene rings is 1. The summed E-state index contributed by atoms with van der Waals surface area (Å²) in [5, 5.41) is 13.8. The van der Waals surface area contributed by atoms with Crippen molar-refractivity contribution in [3.8, 4) is 0 Å². The van der Waals surface area contributed by atoms with E-state index in [1.165, 1.54) is 18.2 Å². The van der Waals surface area contributed by atoms with Gasteiger partial charge in [-0.15, -0.1) is 0 Å². The van der Waals surface area contributed by atoms with E-state index in [-0.39, 0.29) is 28.6 Å². The number of carboxylic acids is 1. The van der Waals surface area contributed by atoms with E-state index in [1.54, 1.807) is 0 Å². The van der Waals surface area contributed by atoms with E-state index in [1.807, 2.05) is 0 Å². The first-order chi connectivity index (χ1) is 9.19. The molecule has 0 aliphatic heterocycles. The van der Waals surface area contributed by atoms with Gasteiger partial charge in [0.05, 0.1) is 17.0 Å². The molecule has 0 unspecified atom stereocenters. The van der Waals surface area contributed by atoms with Crippen molar-refractivity contribution in [2.75, 3.05) is 23.9 Å². The van der Waals surface area contributed by atoms with E-state index >= 15 is 0 Å². The number of carbonyl (C=O) groups is 2. The summed E-state index contributed by atoms with van der Waals surface area (Å²) in [4.78, 5) is 22.5. The van der Waals surface area contributed by atoms with Crippen molar-refractivity contribution in [1.29, 1.82) is 0 Å². The summed E-state index contributed by atoms with van der Waals surface area (Å²) in [5.41, 5.74) is -0.0884. The summed E-state index contributed by atoms with van der Waals surface area (Å²) in [6.45, 7) is -0.0758. The zero-order valence-electron chi connectivity index (χ0n) is 10.5. The van der Waals surface area contributed by atoms with E-state index in [4.69, 9.17) is 16.7 Å². The quantitative estimate of drug-likeness (QED) is 0.754. The molecule has 0 saturated heterocycles. The number of sulfone groups is 1. The highest BCUT2D eigenvalue weighted by molar-refractivity contribution is 7.90. The number of hydrogen-bond donors (Lipinski definition) is 3. The largest absolute Gasteiger partial charge is 0.478 e. The second kappa shape index (κ2) is 6.58.